The summed E-state index contributed by atoms with van der Waals surface area (Å²) in [6, 6.07) is 14.9. The number of nitrogens with zero attached hydrogens (tertiary/aromatic N) is 2. The van der Waals surface area contributed by atoms with Crippen LogP contribution in [-0.2, 0) is 121 Å². The van der Waals surface area contributed by atoms with Gasteiger partial charge in [0.05, 0.1) is 28.4 Å². The first kappa shape index (κ1) is 122. The fraction of sp³-hybridized carbons (Fsp3) is 0.663. The molecular formula is C86H142N4O33S. The van der Waals surface area contributed by atoms with E-state index in [1.165, 1.54) is 28.8 Å². The molecule has 2 amide bonds. The largest absolute Gasteiger partial charge is 0.508 e. The first-order valence-electron chi connectivity index (χ1n) is 40.8. The third-order valence-corrected chi connectivity index (χ3v) is 17.3. The molecule has 0 unspecified atom stereocenters. The monoisotopic (exact) mass is 1790 g/mol. The molecule has 2 aromatic rings. The van der Waals surface area contributed by atoms with Crippen molar-refractivity contribution in [2.75, 3.05) is 139 Å². The van der Waals surface area contributed by atoms with Gasteiger partial charge in [-0.25, -0.2) is 33.6 Å². The molecule has 7 heterocycles. The number of nitrogens with one attached hydrogen (secondary N) is 2. The Morgan fingerprint density at radius 2 is 0.806 bits per heavy atom. The smallest absolute Gasteiger partial charge is 0.465 e. The number of thioether (sulfide) groups is 1. The van der Waals surface area contributed by atoms with Gasteiger partial charge in [-0.3, -0.25) is 38.9 Å². The molecule has 0 aromatic heterocycles. The molecular weight excluding hydrogens is 1650 g/mol. The molecule has 9 rings (SSSR count). The van der Waals surface area contributed by atoms with Gasteiger partial charge in [0, 0.05) is 44.2 Å². The average Bonchev–Trinajstić information content (AvgIpc) is 0.859. The van der Waals surface area contributed by atoms with E-state index in [4.69, 9.17) is 47.4 Å². The Hall–Kier alpha value is -10.8. The minimum Gasteiger partial charge on any atom is -0.465 e. The summed E-state index contributed by atoms with van der Waals surface area (Å²) in [4.78, 5) is 157. The number of unbranched alkanes of at least 4 members (excludes halogenated alkanes) is 1. The summed E-state index contributed by atoms with van der Waals surface area (Å²) in [6.07, 6.45) is -1.76. The van der Waals surface area contributed by atoms with E-state index in [1.807, 2.05) is 141 Å². The van der Waals surface area contributed by atoms with Gasteiger partial charge >= 0.3 is 67.0 Å². The Balaban J connectivity index is -0.000000438. The highest BCUT2D eigenvalue weighted by molar-refractivity contribution is 7.99. The summed E-state index contributed by atoms with van der Waals surface area (Å²) < 4.78 is 85.5. The quantitative estimate of drug-likeness (QED) is 0.0210. The average molecular weight is 1790 g/mol. The summed E-state index contributed by atoms with van der Waals surface area (Å²) in [6.45, 7) is 55.0. The maximum atomic E-state index is 12.0. The maximum Gasteiger partial charge on any atom is 0.508 e. The predicted octanol–water partition coefficient (Wildman–Crippen LogP) is 16.0. The Kier molecular flexibility index (Phi) is 63.7. The zero-order valence-corrected chi connectivity index (χ0v) is 77.8. The van der Waals surface area contributed by atoms with Gasteiger partial charge in [-0.2, -0.15) is 0 Å². The molecule has 0 atom stereocenters. The van der Waals surface area contributed by atoms with Crippen molar-refractivity contribution in [3.05, 3.63) is 94.7 Å². The molecule has 0 aliphatic carbocycles. The van der Waals surface area contributed by atoms with Gasteiger partial charge in [-0.1, -0.05) is 159 Å². The second-order valence-electron chi connectivity index (χ2n) is 28.2. The number of carbonyl (C=O) groups is 13. The molecule has 7 saturated heterocycles. The molecule has 0 radical (unpaired) electrons. The predicted molar refractivity (Wildman–Crippen MR) is 460 cm³/mol. The fourth-order valence-electron chi connectivity index (χ4n) is 9.04. The number of nitro benzene ring substituents is 1. The van der Waals surface area contributed by atoms with E-state index in [1.54, 1.807) is 81.6 Å². The van der Waals surface area contributed by atoms with Crippen LogP contribution in [0.3, 0.4) is 0 Å². The van der Waals surface area contributed by atoms with Crippen LogP contribution in [-0.4, -0.2) is 233 Å². The number of nitro groups is 1. The SMILES string of the molecule is C.C=C(NC(C)C)C1(C)COC(=O)OC1.C=CCOC(=O)C1(C)COC(=O)OC1.CC.CC.CC.CC.CC.CC.CC1(C(=O)NCc2ccccc2)COC(=O)OC1.CCCCOC(=O)C1(C)COC(=O)OC1.CCOC(=O)C1(C)COC(=O)OC1.CN(C)C(=O)C1(C)COC(=O)OC1.Cc1ccc(SCCOC(=O)C2(C)COC(=O)OC2)c([N+](=O)[O-])c1. The van der Waals surface area contributed by atoms with E-state index in [9.17, 15) is 72.4 Å². The molecule has 0 saturated carbocycles. The topological polar surface area (TPSA) is 458 Å². The highest BCUT2D eigenvalue weighted by atomic mass is 32.2. The van der Waals surface area contributed by atoms with E-state index in [0.717, 1.165) is 29.7 Å². The summed E-state index contributed by atoms with van der Waals surface area (Å²) in [5.74, 6) is -1.67. The van der Waals surface area contributed by atoms with Crippen LogP contribution >= 0.6 is 11.8 Å². The summed E-state index contributed by atoms with van der Waals surface area (Å²) in [7, 11) is 3.31. The second-order valence-corrected chi connectivity index (χ2v) is 29.3. The molecule has 124 heavy (non-hydrogen) atoms. The fourth-order valence-corrected chi connectivity index (χ4v) is 9.87. The van der Waals surface area contributed by atoms with Crippen LogP contribution in [0.5, 0.6) is 0 Å². The van der Waals surface area contributed by atoms with Gasteiger partial charge in [-0.05, 0) is 99.8 Å². The minimum atomic E-state index is -1.03. The number of hydrogen-bond donors (Lipinski definition) is 2. The Bertz CT molecular complexity index is 3500. The van der Waals surface area contributed by atoms with Crippen LogP contribution in [0.1, 0.15) is 191 Å². The zero-order chi connectivity index (χ0) is 95.4. The number of carbonyl (C=O) groups excluding carboxylic acids is 13. The van der Waals surface area contributed by atoms with Crippen LogP contribution < -0.4 is 10.6 Å². The number of cyclic esters (lactones) is 14. The van der Waals surface area contributed by atoms with Crippen molar-refractivity contribution < 1.29 is 153 Å². The van der Waals surface area contributed by atoms with Gasteiger partial charge in [0.2, 0.25) is 11.8 Å². The van der Waals surface area contributed by atoms with Gasteiger partial charge in [0.25, 0.3) is 5.69 Å². The lowest BCUT2D eigenvalue weighted by atomic mass is 9.88. The van der Waals surface area contributed by atoms with Crippen molar-refractivity contribution in [2.45, 2.75) is 204 Å². The van der Waals surface area contributed by atoms with Gasteiger partial charge in [0.15, 0.2) is 0 Å². The molecule has 0 spiro atoms. The van der Waals surface area contributed by atoms with Gasteiger partial charge in [0.1, 0.15) is 138 Å². The van der Waals surface area contributed by atoms with Crippen molar-refractivity contribution in [1.82, 2.24) is 15.5 Å². The normalized spacial score (nSPS) is 16.8. The summed E-state index contributed by atoms with van der Waals surface area (Å²) in [5, 5.41) is 17.1. The highest BCUT2D eigenvalue weighted by Crippen LogP contribution is 2.33. The number of amides is 2. The van der Waals surface area contributed by atoms with Crippen LogP contribution in [0, 0.1) is 54.9 Å². The van der Waals surface area contributed by atoms with E-state index < -0.39 is 98.4 Å². The van der Waals surface area contributed by atoms with Crippen molar-refractivity contribution in [3.63, 3.8) is 0 Å². The lowest BCUT2D eigenvalue weighted by Crippen LogP contribution is -2.48. The van der Waals surface area contributed by atoms with E-state index in [2.05, 4.69) is 61.7 Å². The number of rotatable bonds is 22. The lowest BCUT2D eigenvalue weighted by molar-refractivity contribution is -0.387. The van der Waals surface area contributed by atoms with Crippen LogP contribution in [0.15, 0.2) is 78.4 Å². The third kappa shape index (κ3) is 45.5. The highest BCUT2D eigenvalue weighted by Gasteiger charge is 2.47. The number of aryl methyl sites for hydroxylation is 1. The molecule has 710 valence electrons. The number of benzene rings is 2. The molecule has 37 nitrogen and oxygen atoms in total. The molecule has 0 bridgehead atoms. The van der Waals surface area contributed by atoms with Gasteiger partial charge in [-0.15, -0.1) is 11.8 Å². The molecule has 38 heteroatoms. The van der Waals surface area contributed by atoms with Crippen molar-refractivity contribution >= 4 is 96.2 Å². The lowest BCUT2D eigenvalue weighted by Gasteiger charge is -2.35. The minimum absolute atomic E-state index is 0. The van der Waals surface area contributed by atoms with Crippen LogP contribution in [0.25, 0.3) is 0 Å². The van der Waals surface area contributed by atoms with Crippen LogP contribution in [0.2, 0.25) is 0 Å². The third-order valence-electron chi connectivity index (χ3n) is 16.3. The number of esters is 4. The Morgan fingerprint density at radius 3 is 1.12 bits per heavy atom. The Morgan fingerprint density at radius 1 is 0.492 bits per heavy atom. The standard InChI is InChI=1S/C15H17NO7S.C13H15NO4.C10H17NO3.C10H16O5.C9H12O5.C8H13NO4.C8H12O5.6C2H6.CH4/c1-10-3-4-12(11(7-10)16(19)20)24-6-5-21-13(17)15(2)8-22-14(18)23-9-15;1-13(8-17-12(16)18-9-13)11(15)14-7-10-5-3-2-4-6-10;1-7(2)11-8(3)10(4)5-13-9(12)14-6-10;1-3-4-5-13-8(11)10(2)6-14-9(12)15-7-10;1-3-4-12-7(10)9(2)5-13-8(11)14-6-9;1-8(6(10)9(2)3)4-12-7(11)13-5-8;1-3-11-6(9)8(2)4-12-7(10)13-5-8;6*1-2;/h3-4,7H,5-6,8-9H2,1-2H3;2-6H,7-9H2,1H3,(H,14,15);7,11H,3,5-6H2,1-2,4H3;3-7H2,1-2H3;3H,1,4-6H2,2H3;4-5H2,1-3H3;3-5H2,1-2H3;6*1-2H3;1H4. The summed E-state index contributed by atoms with van der Waals surface area (Å²) >= 11 is 1.24. The first-order valence-corrected chi connectivity index (χ1v) is 41.8. The van der Waals surface area contributed by atoms with Crippen molar-refractivity contribution in [3.8, 4) is 0 Å². The van der Waals surface area contributed by atoms with Crippen LogP contribution in [0.4, 0.5) is 39.2 Å². The Labute approximate surface area is 736 Å². The maximum absolute atomic E-state index is 12.0. The number of hydrogen-bond acceptors (Lipinski definition) is 35. The zero-order valence-electron chi connectivity index (χ0n) is 77.0. The van der Waals surface area contributed by atoms with E-state index >= 15 is 0 Å². The van der Waals surface area contributed by atoms with E-state index in [-0.39, 0.29) is 129 Å². The molecule has 2 aromatic carbocycles. The van der Waals surface area contributed by atoms with Crippen molar-refractivity contribution in [1.29, 1.82) is 0 Å². The molecule has 2 N–H and O–H groups in total. The molecule has 7 aliphatic heterocycles. The van der Waals surface area contributed by atoms with Crippen molar-refractivity contribution in [2.24, 2.45) is 37.9 Å². The first-order chi connectivity index (χ1) is 58.1. The molecule has 7 fully saturated rings. The van der Waals surface area contributed by atoms with E-state index in [0.29, 0.717) is 49.7 Å². The molecule has 7 aliphatic rings. The number of ether oxygens (including phenoxy) is 18. The summed E-state index contributed by atoms with van der Waals surface area (Å²) in [5.41, 5.74) is -2.83. The van der Waals surface area contributed by atoms with Gasteiger partial charge < -0.3 is 101 Å². The second kappa shape index (κ2) is 64.9.